The lowest BCUT2D eigenvalue weighted by molar-refractivity contribution is -0.188. The number of unbranched alkanes of at least 4 members (excludes halogenated alkanes) is 12. The van der Waals surface area contributed by atoms with Crippen molar-refractivity contribution in [3.8, 4) is 0 Å². The summed E-state index contributed by atoms with van der Waals surface area (Å²) in [5.74, 6) is -4.29. The number of nitrogens with two attached hydrogens (primary N) is 1. The normalized spacial score (nSPS) is 29.6. The van der Waals surface area contributed by atoms with E-state index in [0.29, 0.717) is 44.9 Å². The molecule has 414 valence electrons. The van der Waals surface area contributed by atoms with Gasteiger partial charge in [-0.15, -0.1) is 0 Å². The fourth-order valence-corrected chi connectivity index (χ4v) is 10.9. The molecule has 72 heavy (non-hydrogen) atoms. The van der Waals surface area contributed by atoms with Crippen molar-refractivity contribution in [2.45, 2.75) is 218 Å². The molecule has 0 amide bonds. The highest BCUT2D eigenvalue weighted by atomic mass is 31.3. The molecule has 3 heterocycles. The van der Waals surface area contributed by atoms with E-state index in [4.69, 9.17) is 29.0 Å². The highest BCUT2D eigenvalue weighted by Crippen LogP contribution is 2.60. The van der Waals surface area contributed by atoms with Crippen LogP contribution in [-0.4, -0.2) is 114 Å². The summed E-state index contributed by atoms with van der Waals surface area (Å²) in [6, 6.07) is 1.24. The first kappa shape index (κ1) is 63.4. The molecule has 3 rings (SSSR count). The molecule has 2 unspecified atom stereocenters. The van der Waals surface area contributed by atoms with Gasteiger partial charge in [-0.1, -0.05) is 142 Å². The maximum absolute atomic E-state index is 14.0. The third kappa shape index (κ3) is 25.1. The Balaban J connectivity index is 1.81. The number of cyclic esters (lactones) is 1. The van der Waals surface area contributed by atoms with Crippen LogP contribution in [0.15, 0.2) is 29.2 Å². The number of aliphatic hydroxyl groups is 4. The Morgan fingerprint density at radius 3 is 2.10 bits per heavy atom. The Morgan fingerprint density at radius 1 is 0.847 bits per heavy atom. The van der Waals surface area contributed by atoms with Gasteiger partial charge in [-0.2, -0.15) is 9.29 Å². The fraction of sp³-hybridized carbons (Fsp3) is 0.816. The number of Topliss-reactive ketones (excluding diaryl/α,β-unsaturated/α-hetero) is 1. The Bertz CT molecular complexity index is 1940. The number of aliphatic hydroxyl groups excluding tert-OH is 4. The van der Waals surface area contributed by atoms with Gasteiger partial charge in [-0.25, -0.2) is 13.9 Å². The Kier molecular flexibility index (Phi) is 29.8. The molecule has 0 saturated carbocycles. The lowest BCUT2D eigenvalue weighted by atomic mass is 9.83. The molecule has 0 spiro atoms. The number of nitrogen functional groups attached to an aromatic ring is 1. The van der Waals surface area contributed by atoms with Gasteiger partial charge in [0.15, 0.2) is 6.10 Å². The molecule has 2 bridgehead atoms. The van der Waals surface area contributed by atoms with Crippen molar-refractivity contribution in [1.29, 1.82) is 0 Å². The molecule has 8 N–H and O–H groups in total. The topological polar surface area (TPSA) is 323 Å². The van der Waals surface area contributed by atoms with Crippen molar-refractivity contribution in [3.05, 3.63) is 34.9 Å². The molecule has 21 nitrogen and oxygen atoms in total. The summed E-state index contributed by atoms with van der Waals surface area (Å²) in [4.78, 5) is 78.2. The molecule has 2 fully saturated rings. The van der Waals surface area contributed by atoms with Crippen molar-refractivity contribution in [1.82, 2.24) is 9.55 Å². The van der Waals surface area contributed by atoms with Gasteiger partial charge in [0.05, 0.1) is 37.4 Å². The molecular weight excluding hydrogens is 980 g/mol. The second-order valence-electron chi connectivity index (χ2n) is 19.6. The number of carbonyl (C=O) groups excluding carboxylic acids is 3. The third-order valence-electron chi connectivity index (χ3n) is 12.9. The molecule has 2 aliphatic rings. The van der Waals surface area contributed by atoms with E-state index in [0.717, 1.165) is 55.4 Å². The second kappa shape index (κ2) is 33.9. The molecule has 11 atom stereocenters. The zero-order chi connectivity index (χ0) is 53.1. The number of phosphoric acid groups is 2. The van der Waals surface area contributed by atoms with Gasteiger partial charge in [-0.3, -0.25) is 28.0 Å². The smallest absolute Gasteiger partial charge is 0.462 e. The molecule has 1 aromatic heterocycles. The van der Waals surface area contributed by atoms with E-state index < -0.39 is 120 Å². The standard InChI is InChI=1S/C49H85N3O18P2/c1-4-5-17-23-36(53)27-28-38-40(54)31-41(55)39-24-19-15-16-20-25-44(56)65-32-37(68-45(57)26-21-14-12-10-8-6-7-9-11-13-18-22-35(2)3)33-66-71(61,62)70-72(63,64)67-34-42(47(59)46(38)58)69-48(39)52-30-29-43(50)51-49(52)60/h27-30,35-39,41-42,46-48,53,55,58-59H,4-26,31-34H2,1-3H3,(H,61,62)(H,63,64)(H2,50,51,60)/b28-27+/t36-,37+,38-,39-,41-,42+,46-,47+,48+/m0/s1. The van der Waals surface area contributed by atoms with Crippen LogP contribution < -0.4 is 11.4 Å². The van der Waals surface area contributed by atoms with E-state index >= 15 is 0 Å². The molecule has 0 aromatic carbocycles. The number of carbonyl (C=O) groups is 3. The zero-order valence-electron chi connectivity index (χ0n) is 42.6. The molecule has 2 saturated heterocycles. The monoisotopic (exact) mass is 1070 g/mol. The summed E-state index contributed by atoms with van der Waals surface area (Å²) in [5.41, 5.74) is 4.78. The molecule has 0 radical (unpaired) electrons. The summed E-state index contributed by atoms with van der Waals surface area (Å²) in [7, 11) is -11.3. The van der Waals surface area contributed by atoms with E-state index in [1.807, 2.05) is 6.92 Å². The van der Waals surface area contributed by atoms with Crippen molar-refractivity contribution in [2.24, 2.45) is 17.8 Å². The van der Waals surface area contributed by atoms with E-state index in [1.165, 1.54) is 62.9 Å². The van der Waals surface area contributed by atoms with E-state index in [-0.39, 0.29) is 25.1 Å². The quantitative estimate of drug-likeness (QED) is 0.0259. The average molecular weight is 1070 g/mol. The van der Waals surface area contributed by atoms with Crippen LogP contribution in [-0.2, 0) is 51.1 Å². The summed E-state index contributed by atoms with van der Waals surface area (Å²) >= 11 is 0. The predicted octanol–water partition coefficient (Wildman–Crippen LogP) is 7.28. The second-order valence-corrected chi connectivity index (χ2v) is 22.7. The molecule has 0 aliphatic carbocycles. The Labute approximate surface area is 424 Å². The van der Waals surface area contributed by atoms with Crippen LogP contribution in [0.4, 0.5) is 5.82 Å². The summed E-state index contributed by atoms with van der Waals surface area (Å²) in [6.45, 7) is 3.76. The van der Waals surface area contributed by atoms with Gasteiger partial charge in [0.25, 0.3) is 0 Å². The number of rotatable bonds is 22. The van der Waals surface area contributed by atoms with E-state index in [1.54, 1.807) is 0 Å². The lowest BCUT2D eigenvalue weighted by Crippen LogP contribution is -2.51. The van der Waals surface area contributed by atoms with Crippen molar-refractivity contribution in [3.63, 3.8) is 0 Å². The minimum atomic E-state index is -5.71. The van der Waals surface area contributed by atoms with Gasteiger partial charge in [-0.05, 0) is 37.7 Å². The number of ether oxygens (including phenoxy) is 3. The van der Waals surface area contributed by atoms with Gasteiger partial charge < -0.3 is 50.2 Å². The average Bonchev–Trinajstić information content (AvgIpc) is 3.30. The van der Waals surface area contributed by atoms with Crippen LogP contribution >= 0.6 is 15.6 Å². The van der Waals surface area contributed by atoms with Gasteiger partial charge in [0.2, 0.25) is 0 Å². The highest BCUT2D eigenvalue weighted by molar-refractivity contribution is 7.61. The maximum Gasteiger partial charge on any atom is 0.481 e. The van der Waals surface area contributed by atoms with E-state index in [9.17, 15) is 58.5 Å². The minimum Gasteiger partial charge on any atom is -0.462 e. The van der Waals surface area contributed by atoms with Crippen molar-refractivity contribution < 1.29 is 81.3 Å². The number of hydrogen-bond donors (Lipinski definition) is 7. The number of nitrogens with zero attached hydrogens (tertiary/aromatic N) is 2. The first-order chi connectivity index (χ1) is 34.2. The van der Waals surface area contributed by atoms with Crippen molar-refractivity contribution in [2.75, 3.05) is 25.6 Å². The summed E-state index contributed by atoms with van der Waals surface area (Å²) < 4.78 is 59.1. The molecular formula is C49H85N3O18P2. The van der Waals surface area contributed by atoms with Gasteiger partial charge >= 0.3 is 33.3 Å². The number of aromatic nitrogens is 2. The molecule has 1 aromatic rings. The van der Waals surface area contributed by atoms with Gasteiger partial charge in [0, 0.05) is 31.4 Å². The van der Waals surface area contributed by atoms with Crippen LogP contribution in [0.1, 0.15) is 181 Å². The highest BCUT2D eigenvalue weighted by Gasteiger charge is 2.45. The number of esters is 2. The van der Waals surface area contributed by atoms with Gasteiger partial charge in [0.1, 0.15) is 36.6 Å². The maximum atomic E-state index is 14.0. The first-order valence-corrected chi connectivity index (χ1v) is 29.2. The van der Waals surface area contributed by atoms with Crippen LogP contribution in [0.2, 0.25) is 0 Å². The SMILES string of the molecule is CCCCC[C@H](O)/C=C/[C@H]1C(=O)C[C@H](O)[C@@H]2CCCCCCC(=O)OC[C@@H](OC(=O)CCCCCCCCCCCCCC(C)C)COP(=O)(O)OP(=O)(O)OC[C@@H](O[C@H]2n2ccc(N)nc2=O)[C@@H](O)[C@H]1O. The molecule has 23 heteroatoms. The summed E-state index contributed by atoms with van der Waals surface area (Å²) in [6.07, 6.45) is 8.53. The fourth-order valence-electron chi connectivity index (χ4n) is 8.76. The molecule has 2 aliphatic heterocycles. The number of phosphoric ester groups is 2. The van der Waals surface area contributed by atoms with Crippen LogP contribution in [0, 0.1) is 17.8 Å². The largest absolute Gasteiger partial charge is 0.481 e. The van der Waals surface area contributed by atoms with Crippen molar-refractivity contribution >= 4 is 39.2 Å². The number of fused-ring (bicyclic) bond motifs is 3. The Hall–Kier alpha value is -2.91. The minimum absolute atomic E-state index is 0.00594. The zero-order valence-corrected chi connectivity index (χ0v) is 44.4. The van der Waals surface area contributed by atoms with Crippen LogP contribution in [0.25, 0.3) is 0 Å². The number of ketones is 1. The third-order valence-corrected chi connectivity index (χ3v) is 15.5. The summed E-state index contributed by atoms with van der Waals surface area (Å²) in [5, 5.41) is 45.8. The first-order valence-electron chi connectivity index (χ1n) is 26.2. The lowest BCUT2D eigenvalue weighted by Gasteiger charge is -2.39. The number of anilines is 1. The van der Waals surface area contributed by atoms with Crippen LogP contribution in [0.5, 0.6) is 0 Å². The van der Waals surface area contributed by atoms with E-state index in [2.05, 4.69) is 23.1 Å². The number of hydrogen-bond acceptors (Lipinski definition) is 18. The predicted molar refractivity (Wildman–Crippen MR) is 267 cm³/mol. The Morgan fingerprint density at radius 2 is 1.46 bits per heavy atom. The van der Waals surface area contributed by atoms with Crippen LogP contribution in [0.3, 0.4) is 0 Å².